The predicted molar refractivity (Wildman–Crippen MR) is 124 cm³/mol. The van der Waals surface area contributed by atoms with E-state index in [9.17, 15) is 9.59 Å². The van der Waals surface area contributed by atoms with E-state index in [0.29, 0.717) is 12.1 Å². The Balaban J connectivity index is 1.80. The fraction of sp³-hybridized carbons (Fsp3) is 0.231. The van der Waals surface area contributed by atoms with Crippen molar-refractivity contribution in [1.29, 1.82) is 0 Å². The molecule has 4 heteroatoms. The van der Waals surface area contributed by atoms with Crippen molar-refractivity contribution in [2.24, 2.45) is 0 Å². The summed E-state index contributed by atoms with van der Waals surface area (Å²) < 4.78 is 0. The van der Waals surface area contributed by atoms with Gasteiger partial charge in [0.1, 0.15) is 0 Å². The van der Waals surface area contributed by atoms with Gasteiger partial charge in [-0.3, -0.25) is 9.59 Å². The maximum atomic E-state index is 12.6. The molecular formula is C26H28N2O2. The van der Waals surface area contributed by atoms with Gasteiger partial charge in [0.2, 0.25) is 5.78 Å². The van der Waals surface area contributed by atoms with Gasteiger partial charge in [-0.05, 0) is 49.6 Å². The van der Waals surface area contributed by atoms with Gasteiger partial charge in [0.15, 0.2) is 0 Å². The van der Waals surface area contributed by atoms with Crippen molar-refractivity contribution in [2.45, 2.75) is 26.7 Å². The lowest BCUT2D eigenvalue weighted by atomic mass is 10.0. The fourth-order valence-corrected chi connectivity index (χ4v) is 3.49. The Labute approximate surface area is 178 Å². The van der Waals surface area contributed by atoms with Gasteiger partial charge >= 0.3 is 0 Å². The van der Waals surface area contributed by atoms with Crippen molar-refractivity contribution in [3.05, 3.63) is 84.4 Å². The topological polar surface area (TPSA) is 49.4 Å². The molecule has 154 valence electrons. The van der Waals surface area contributed by atoms with Crippen LogP contribution in [0, 0.1) is 0 Å². The molecule has 0 spiro atoms. The van der Waals surface area contributed by atoms with Crippen LogP contribution < -0.4 is 10.2 Å². The molecule has 4 nitrogen and oxygen atoms in total. The number of hydrogen-bond donors (Lipinski definition) is 1. The molecule has 1 N–H and O–H groups in total. The van der Waals surface area contributed by atoms with Crippen molar-refractivity contribution in [3.8, 4) is 11.1 Å². The number of ketones is 1. The second kappa shape index (κ2) is 10.4. The van der Waals surface area contributed by atoms with Crippen molar-refractivity contribution < 1.29 is 9.59 Å². The molecule has 0 atom stereocenters. The van der Waals surface area contributed by atoms with E-state index in [2.05, 4.69) is 30.1 Å². The summed E-state index contributed by atoms with van der Waals surface area (Å²) in [5.41, 5.74) is 4.69. The van der Waals surface area contributed by atoms with Crippen LogP contribution in [0.25, 0.3) is 11.1 Å². The third kappa shape index (κ3) is 5.35. The van der Waals surface area contributed by atoms with Gasteiger partial charge in [-0.1, -0.05) is 60.7 Å². The zero-order chi connectivity index (χ0) is 21.3. The maximum Gasteiger partial charge on any atom is 0.291 e. The number of Topliss-reactive ketones (excluding diaryl/α,β-unsaturated/α-hetero) is 1. The van der Waals surface area contributed by atoms with Crippen LogP contribution in [-0.2, 0) is 16.0 Å². The summed E-state index contributed by atoms with van der Waals surface area (Å²) in [6, 6.07) is 25.6. The number of aryl methyl sites for hydroxylation is 1. The highest BCUT2D eigenvalue weighted by Gasteiger charge is 2.17. The molecule has 0 saturated heterocycles. The standard InChI is InChI=1S/C26H28N2O2/c1-3-28(4-2)22-16-17-24(23(19-22)21-13-9-6-10-14-21)27-26(30)25(29)18-15-20-11-7-5-8-12-20/h5-14,16-17,19H,3-4,15,18H2,1-2H3,(H,27,30). The molecule has 0 radical (unpaired) electrons. The number of rotatable bonds is 9. The largest absolute Gasteiger partial charge is 0.372 e. The molecule has 0 aliphatic carbocycles. The average Bonchev–Trinajstić information content (AvgIpc) is 2.80. The summed E-state index contributed by atoms with van der Waals surface area (Å²) in [6.45, 7) is 6.03. The SMILES string of the molecule is CCN(CC)c1ccc(NC(=O)C(=O)CCc2ccccc2)c(-c2ccccc2)c1. The fourth-order valence-electron chi connectivity index (χ4n) is 3.49. The molecule has 0 saturated carbocycles. The second-order valence-corrected chi connectivity index (χ2v) is 7.13. The molecule has 0 bridgehead atoms. The van der Waals surface area contributed by atoms with E-state index in [0.717, 1.165) is 35.5 Å². The van der Waals surface area contributed by atoms with Gasteiger partial charge in [-0.15, -0.1) is 0 Å². The Morgan fingerprint density at radius 2 is 1.47 bits per heavy atom. The van der Waals surface area contributed by atoms with Crippen molar-refractivity contribution in [2.75, 3.05) is 23.3 Å². The van der Waals surface area contributed by atoms with Crippen LogP contribution in [0.5, 0.6) is 0 Å². The smallest absolute Gasteiger partial charge is 0.291 e. The molecule has 0 unspecified atom stereocenters. The van der Waals surface area contributed by atoms with Gasteiger partial charge in [0.05, 0.1) is 0 Å². The highest BCUT2D eigenvalue weighted by Crippen LogP contribution is 2.32. The van der Waals surface area contributed by atoms with E-state index < -0.39 is 11.7 Å². The van der Waals surface area contributed by atoms with E-state index in [-0.39, 0.29) is 6.42 Å². The quantitative estimate of drug-likeness (QED) is 0.493. The molecule has 0 fully saturated rings. The lowest BCUT2D eigenvalue weighted by Gasteiger charge is -2.23. The number of nitrogens with one attached hydrogen (secondary N) is 1. The first-order valence-electron chi connectivity index (χ1n) is 10.4. The molecule has 0 aliphatic heterocycles. The number of anilines is 2. The van der Waals surface area contributed by atoms with Crippen LogP contribution in [0.3, 0.4) is 0 Å². The Hall–Kier alpha value is -3.40. The summed E-state index contributed by atoms with van der Waals surface area (Å²) in [5.74, 6) is -0.982. The zero-order valence-corrected chi connectivity index (χ0v) is 17.6. The van der Waals surface area contributed by atoms with Crippen LogP contribution in [0.2, 0.25) is 0 Å². The highest BCUT2D eigenvalue weighted by atomic mass is 16.2. The Bertz CT molecular complexity index is 980. The monoisotopic (exact) mass is 400 g/mol. The highest BCUT2D eigenvalue weighted by molar-refractivity contribution is 6.40. The summed E-state index contributed by atoms with van der Waals surface area (Å²) in [6.07, 6.45) is 0.744. The normalized spacial score (nSPS) is 10.5. The van der Waals surface area contributed by atoms with Gasteiger partial charge < -0.3 is 10.2 Å². The number of amides is 1. The van der Waals surface area contributed by atoms with Gasteiger partial charge in [-0.25, -0.2) is 0 Å². The number of carbonyl (C=O) groups is 2. The molecule has 3 aromatic rings. The summed E-state index contributed by atoms with van der Waals surface area (Å²) in [5, 5.41) is 2.84. The molecule has 0 aromatic heterocycles. The van der Waals surface area contributed by atoms with Crippen LogP contribution in [0.4, 0.5) is 11.4 Å². The summed E-state index contributed by atoms with van der Waals surface area (Å²) >= 11 is 0. The second-order valence-electron chi connectivity index (χ2n) is 7.13. The lowest BCUT2D eigenvalue weighted by Crippen LogP contribution is -2.24. The maximum absolute atomic E-state index is 12.6. The van der Waals surface area contributed by atoms with Crippen LogP contribution in [-0.4, -0.2) is 24.8 Å². The molecule has 3 aromatic carbocycles. The first-order valence-corrected chi connectivity index (χ1v) is 10.4. The minimum Gasteiger partial charge on any atom is -0.372 e. The minimum atomic E-state index is -0.571. The van der Waals surface area contributed by atoms with Gasteiger partial charge in [0.25, 0.3) is 5.91 Å². The Morgan fingerprint density at radius 3 is 2.10 bits per heavy atom. The third-order valence-electron chi connectivity index (χ3n) is 5.20. The lowest BCUT2D eigenvalue weighted by molar-refractivity contribution is -0.134. The van der Waals surface area contributed by atoms with E-state index >= 15 is 0 Å². The van der Waals surface area contributed by atoms with E-state index in [4.69, 9.17) is 0 Å². The van der Waals surface area contributed by atoms with Crippen molar-refractivity contribution in [3.63, 3.8) is 0 Å². The molecule has 0 heterocycles. The first-order chi connectivity index (χ1) is 14.6. The molecule has 0 aliphatic rings. The van der Waals surface area contributed by atoms with Crippen LogP contribution in [0.15, 0.2) is 78.9 Å². The first kappa shape index (κ1) is 21.3. The summed E-state index contributed by atoms with van der Waals surface area (Å²) in [4.78, 5) is 27.2. The number of nitrogens with zero attached hydrogens (tertiary/aromatic N) is 1. The van der Waals surface area contributed by atoms with Crippen molar-refractivity contribution >= 4 is 23.1 Å². The third-order valence-corrected chi connectivity index (χ3v) is 5.20. The molecule has 30 heavy (non-hydrogen) atoms. The zero-order valence-electron chi connectivity index (χ0n) is 17.6. The van der Waals surface area contributed by atoms with Crippen LogP contribution in [0.1, 0.15) is 25.8 Å². The Morgan fingerprint density at radius 1 is 0.833 bits per heavy atom. The number of hydrogen-bond acceptors (Lipinski definition) is 3. The van der Waals surface area contributed by atoms with Crippen LogP contribution >= 0.6 is 0 Å². The van der Waals surface area contributed by atoms with E-state index in [1.807, 2.05) is 72.8 Å². The van der Waals surface area contributed by atoms with E-state index in [1.54, 1.807) is 0 Å². The molecule has 3 rings (SSSR count). The van der Waals surface area contributed by atoms with Gasteiger partial charge in [-0.2, -0.15) is 0 Å². The van der Waals surface area contributed by atoms with E-state index in [1.165, 1.54) is 0 Å². The molecule has 1 amide bonds. The minimum absolute atomic E-state index is 0.189. The Kier molecular flexibility index (Phi) is 7.39. The average molecular weight is 401 g/mol. The van der Waals surface area contributed by atoms with Gasteiger partial charge in [0, 0.05) is 36.4 Å². The molecular weight excluding hydrogens is 372 g/mol. The number of benzene rings is 3. The number of carbonyl (C=O) groups excluding carboxylic acids is 2. The predicted octanol–water partition coefficient (Wildman–Crippen LogP) is 5.34. The summed E-state index contributed by atoms with van der Waals surface area (Å²) in [7, 11) is 0. The van der Waals surface area contributed by atoms with Crippen molar-refractivity contribution in [1.82, 2.24) is 0 Å².